The van der Waals surface area contributed by atoms with Crippen LogP contribution in [0, 0.1) is 5.92 Å². The Bertz CT molecular complexity index is 608. The van der Waals surface area contributed by atoms with E-state index in [0.29, 0.717) is 5.92 Å². The number of rotatable bonds is 4. The third kappa shape index (κ3) is 3.58. The van der Waals surface area contributed by atoms with Gasteiger partial charge in [0.25, 0.3) is 5.91 Å². The molecule has 0 fully saturated rings. The third-order valence-corrected chi connectivity index (χ3v) is 5.21. The van der Waals surface area contributed by atoms with Crippen LogP contribution in [0.5, 0.6) is 0 Å². The molecule has 1 amide bonds. The number of allylic oxidation sites excluding steroid dienone is 1. The average molecular weight is 314 g/mol. The first-order chi connectivity index (χ1) is 10.2. The molecule has 0 unspecified atom stereocenters. The Labute approximate surface area is 135 Å². The van der Waals surface area contributed by atoms with Crippen molar-refractivity contribution in [3.05, 3.63) is 53.4 Å². The fourth-order valence-electron chi connectivity index (χ4n) is 2.64. The predicted octanol–water partition coefficient (Wildman–Crippen LogP) is 4.72. The molecule has 3 heteroatoms. The highest BCUT2D eigenvalue weighted by Gasteiger charge is 2.34. The molecule has 1 aliphatic heterocycles. The van der Waals surface area contributed by atoms with Gasteiger partial charge in [0.1, 0.15) is 0 Å². The van der Waals surface area contributed by atoms with E-state index in [-0.39, 0.29) is 11.9 Å². The van der Waals surface area contributed by atoms with E-state index in [1.54, 1.807) is 6.08 Å². The maximum atomic E-state index is 12.6. The molecule has 1 aromatic carbocycles. The number of benzene rings is 1. The van der Waals surface area contributed by atoms with E-state index in [2.05, 4.69) is 58.2 Å². The highest BCUT2D eigenvalue weighted by molar-refractivity contribution is 6.81. The van der Waals surface area contributed by atoms with Gasteiger partial charge in [0.15, 0.2) is 0 Å². The van der Waals surface area contributed by atoms with Gasteiger partial charge in [-0.3, -0.25) is 4.79 Å². The van der Waals surface area contributed by atoms with Crippen LogP contribution in [0.1, 0.15) is 26.3 Å². The van der Waals surface area contributed by atoms with Gasteiger partial charge in [-0.25, -0.2) is 0 Å². The lowest BCUT2D eigenvalue weighted by molar-refractivity contribution is -0.125. The lowest BCUT2D eigenvalue weighted by atomic mass is 10.0. The van der Waals surface area contributed by atoms with Crippen LogP contribution in [0.4, 0.5) is 0 Å². The van der Waals surface area contributed by atoms with E-state index in [1.807, 2.05) is 23.1 Å². The molecule has 2 nitrogen and oxygen atoms in total. The van der Waals surface area contributed by atoms with E-state index >= 15 is 0 Å². The van der Waals surface area contributed by atoms with Crippen molar-refractivity contribution in [2.75, 3.05) is 0 Å². The van der Waals surface area contributed by atoms with Crippen LogP contribution >= 0.6 is 0 Å². The summed E-state index contributed by atoms with van der Waals surface area (Å²) in [7, 11) is -1.45. The maximum Gasteiger partial charge on any atom is 0.251 e. The van der Waals surface area contributed by atoms with Crippen molar-refractivity contribution in [2.24, 2.45) is 5.92 Å². The Morgan fingerprint density at radius 3 is 2.14 bits per heavy atom. The van der Waals surface area contributed by atoms with E-state index in [1.165, 1.54) is 0 Å². The second kappa shape index (κ2) is 6.25. The van der Waals surface area contributed by atoms with Crippen molar-refractivity contribution in [1.29, 1.82) is 0 Å². The van der Waals surface area contributed by atoms with Gasteiger partial charge in [-0.05, 0) is 18.4 Å². The van der Waals surface area contributed by atoms with E-state index in [0.717, 1.165) is 16.8 Å². The molecule has 0 aliphatic carbocycles. The zero-order valence-electron chi connectivity index (χ0n) is 14.6. The van der Waals surface area contributed by atoms with Crippen LogP contribution in [0.2, 0.25) is 19.6 Å². The van der Waals surface area contributed by atoms with Gasteiger partial charge in [-0.2, -0.15) is 0 Å². The molecule has 0 spiro atoms. The summed E-state index contributed by atoms with van der Waals surface area (Å²) in [6.45, 7) is 13.4. The van der Waals surface area contributed by atoms with Gasteiger partial charge in [-0.1, -0.05) is 69.5 Å². The van der Waals surface area contributed by atoms with Gasteiger partial charge in [0.05, 0.1) is 8.07 Å². The van der Waals surface area contributed by atoms with Crippen LogP contribution in [0.3, 0.4) is 0 Å². The minimum Gasteiger partial charge on any atom is -0.306 e. The SMILES string of the molecule is CC(C)[C@H](C)N1C(=O)C=C(c2ccccc2)/C1=C/[Si](C)(C)C. The van der Waals surface area contributed by atoms with Crippen LogP contribution < -0.4 is 0 Å². The predicted molar refractivity (Wildman–Crippen MR) is 97.0 cm³/mol. The second-order valence-corrected chi connectivity index (χ2v) is 12.5. The van der Waals surface area contributed by atoms with Crippen LogP contribution in [0.15, 0.2) is 47.8 Å². The number of carbonyl (C=O) groups is 1. The number of hydrogen-bond donors (Lipinski definition) is 0. The first-order valence-corrected chi connectivity index (χ1v) is 11.6. The molecule has 1 aliphatic rings. The van der Waals surface area contributed by atoms with Gasteiger partial charge in [0, 0.05) is 23.4 Å². The van der Waals surface area contributed by atoms with Crippen LogP contribution in [0.25, 0.3) is 5.57 Å². The summed E-state index contributed by atoms with van der Waals surface area (Å²) in [5.74, 6) is 0.544. The van der Waals surface area contributed by atoms with Crippen molar-refractivity contribution in [3.8, 4) is 0 Å². The van der Waals surface area contributed by atoms with E-state index < -0.39 is 8.07 Å². The topological polar surface area (TPSA) is 20.3 Å². The number of carbonyl (C=O) groups excluding carboxylic acids is 1. The van der Waals surface area contributed by atoms with Gasteiger partial charge < -0.3 is 4.90 Å². The summed E-state index contributed by atoms with van der Waals surface area (Å²) < 4.78 is 0. The lowest BCUT2D eigenvalue weighted by Crippen LogP contribution is -2.38. The molecule has 0 bridgehead atoms. The monoisotopic (exact) mass is 313 g/mol. The van der Waals surface area contributed by atoms with E-state index in [4.69, 9.17) is 0 Å². The molecular weight excluding hydrogens is 286 g/mol. The molecule has 2 rings (SSSR count). The molecular formula is C19H27NOSi. The maximum absolute atomic E-state index is 12.6. The Balaban J connectivity index is 2.53. The van der Waals surface area contributed by atoms with Gasteiger partial charge >= 0.3 is 0 Å². The first kappa shape index (κ1) is 16.8. The lowest BCUT2D eigenvalue weighted by Gasteiger charge is -2.31. The van der Waals surface area contributed by atoms with E-state index in [9.17, 15) is 4.79 Å². The standard InChI is InChI=1S/C19H27NOSi/c1-14(2)15(3)20-18(13-22(4,5)6)17(12-19(20)21)16-10-8-7-9-11-16/h7-15H,1-6H3/b18-13-/t15-/m0/s1. The largest absolute Gasteiger partial charge is 0.306 e. The molecule has 0 aromatic heterocycles. The van der Waals surface area contributed by atoms with Gasteiger partial charge in [0.2, 0.25) is 0 Å². The molecule has 22 heavy (non-hydrogen) atoms. The Kier molecular flexibility index (Phi) is 4.76. The molecule has 1 aromatic rings. The molecule has 0 radical (unpaired) electrons. The van der Waals surface area contributed by atoms with Gasteiger partial charge in [-0.15, -0.1) is 0 Å². The number of nitrogens with zero attached hydrogens (tertiary/aromatic N) is 1. The molecule has 1 atom stereocenters. The summed E-state index contributed by atoms with van der Waals surface area (Å²) in [5.41, 5.74) is 5.66. The molecule has 118 valence electrons. The Morgan fingerprint density at radius 2 is 1.64 bits per heavy atom. The number of hydrogen-bond acceptors (Lipinski definition) is 1. The zero-order chi connectivity index (χ0) is 16.5. The summed E-state index contributed by atoms with van der Waals surface area (Å²) in [5, 5.41) is 0. The minimum atomic E-state index is -1.45. The second-order valence-electron chi connectivity index (χ2n) is 7.51. The highest BCUT2D eigenvalue weighted by Crippen LogP contribution is 2.35. The molecule has 0 N–H and O–H groups in total. The summed E-state index contributed by atoms with van der Waals surface area (Å²) in [6.07, 6.45) is 1.81. The summed E-state index contributed by atoms with van der Waals surface area (Å²) in [4.78, 5) is 14.6. The van der Waals surface area contributed by atoms with Crippen molar-refractivity contribution >= 4 is 19.6 Å². The normalized spacial score (nSPS) is 19.0. The fraction of sp³-hybridized carbons (Fsp3) is 0.421. The third-order valence-electron chi connectivity index (χ3n) is 4.07. The average Bonchev–Trinajstić information content (AvgIpc) is 2.73. The van der Waals surface area contributed by atoms with Crippen molar-refractivity contribution in [1.82, 2.24) is 4.90 Å². The van der Waals surface area contributed by atoms with Crippen molar-refractivity contribution < 1.29 is 4.79 Å². The summed E-state index contributed by atoms with van der Waals surface area (Å²) >= 11 is 0. The molecule has 1 heterocycles. The zero-order valence-corrected chi connectivity index (χ0v) is 15.6. The van der Waals surface area contributed by atoms with Crippen molar-refractivity contribution in [3.63, 3.8) is 0 Å². The smallest absolute Gasteiger partial charge is 0.251 e. The molecule has 0 saturated heterocycles. The van der Waals surface area contributed by atoms with Crippen molar-refractivity contribution in [2.45, 2.75) is 46.5 Å². The Hall–Kier alpha value is -1.61. The minimum absolute atomic E-state index is 0.115. The Morgan fingerprint density at radius 1 is 1.05 bits per heavy atom. The van der Waals surface area contributed by atoms with Crippen LogP contribution in [-0.4, -0.2) is 24.9 Å². The molecule has 0 saturated carbocycles. The quantitative estimate of drug-likeness (QED) is 0.737. The highest BCUT2D eigenvalue weighted by atomic mass is 28.3. The number of amides is 1. The van der Waals surface area contributed by atoms with Crippen LogP contribution in [-0.2, 0) is 4.79 Å². The summed E-state index contributed by atoms with van der Waals surface area (Å²) in [6, 6.07) is 10.4. The fourth-order valence-corrected chi connectivity index (χ4v) is 3.75. The first-order valence-electron chi connectivity index (χ1n) is 8.04.